The number of aromatic amines is 2. The molecule has 3 rings (SSSR count). The molecule has 0 aliphatic heterocycles. The largest absolute Gasteiger partial charge is 0.352 e. The van der Waals surface area contributed by atoms with Crippen LogP contribution in [0.4, 0.5) is 0 Å². The zero-order chi connectivity index (χ0) is 11.8. The quantitative estimate of drug-likeness (QED) is 0.453. The minimum Gasteiger partial charge on any atom is -0.352 e. The van der Waals surface area contributed by atoms with Gasteiger partial charge in [-0.2, -0.15) is 0 Å². The van der Waals surface area contributed by atoms with E-state index in [0.717, 1.165) is 16.6 Å². The number of hydrogen-bond donors (Lipinski definition) is 3. The fourth-order valence-electron chi connectivity index (χ4n) is 1.77. The van der Waals surface area contributed by atoms with Crippen molar-refractivity contribution in [2.24, 2.45) is 0 Å². The molecule has 0 saturated heterocycles. The Morgan fingerprint density at radius 1 is 1.12 bits per heavy atom. The Morgan fingerprint density at radius 3 is 2.71 bits per heavy atom. The molecule has 0 aliphatic carbocycles. The third-order valence-corrected chi connectivity index (χ3v) is 2.74. The third-order valence-electron chi connectivity index (χ3n) is 2.51. The molecule has 0 aliphatic rings. The highest BCUT2D eigenvalue weighted by Gasteiger charge is 2.05. The number of hydrogen-bond acceptors (Lipinski definition) is 3. The molecule has 5 heteroatoms. The van der Waals surface area contributed by atoms with Crippen LogP contribution >= 0.6 is 12.6 Å². The highest BCUT2D eigenvalue weighted by molar-refractivity contribution is 7.80. The molecule has 0 unspecified atom stereocenters. The summed E-state index contributed by atoms with van der Waals surface area (Å²) < 4.78 is 0. The maximum Gasteiger partial charge on any atom is 0.252 e. The zero-order valence-electron chi connectivity index (χ0n) is 8.77. The number of rotatable bonds is 1. The number of H-pyrrole nitrogens is 2. The Hall–Kier alpha value is -2.01. The van der Waals surface area contributed by atoms with Crippen LogP contribution in [0, 0.1) is 0 Å². The van der Waals surface area contributed by atoms with E-state index >= 15 is 0 Å². The Balaban J connectivity index is 2.23. The fraction of sp³-hybridized carbons (Fsp3) is 0. The number of nitrogens with zero attached hydrogens (tertiary/aromatic N) is 1. The van der Waals surface area contributed by atoms with E-state index in [-0.39, 0.29) is 5.56 Å². The Bertz CT molecular complexity index is 712. The number of benzene rings is 1. The van der Waals surface area contributed by atoms with Gasteiger partial charge in [0.15, 0.2) is 5.82 Å². The number of para-hydroxylation sites is 1. The Morgan fingerprint density at radius 2 is 1.94 bits per heavy atom. The first-order valence-electron chi connectivity index (χ1n) is 5.11. The van der Waals surface area contributed by atoms with Crippen LogP contribution < -0.4 is 5.56 Å². The molecule has 0 amide bonds. The highest BCUT2D eigenvalue weighted by Crippen LogP contribution is 2.20. The highest BCUT2D eigenvalue weighted by atomic mass is 32.1. The van der Waals surface area contributed by atoms with E-state index in [4.69, 9.17) is 0 Å². The summed E-state index contributed by atoms with van der Waals surface area (Å²) >= 11 is 4.09. The predicted molar refractivity (Wildman–Crippen MR) is 69.4 cm³/mol. The lowest BCUT2D eigenvalue weighted by molar-refractivity contribution is 1.02. The van der Waals surface area contributed by atoms with Gasteiger partial charge in [0.2, 0.25) is 0 Å². The van der Waals surface area contributed by atoms with E-state index < -0.39 is 0 Å². The van der Waals surface area contributed by atoms with Crippen LogP contribution in [-0.4, -0.2) is 15.0 Å². The van der Waals surface area contributed by atoms with Gasteiger partial charge in [0.25, 0.3) is 5.56 Å². The predicted octanol–water partition coefficient (Wildman–Crippen LogP) is 2.21. The minimum absolute atomic E-state index is 0.210. The van der Waals surface area contributed by atoms with Gasteiger partial charge in [0.05, 0.1) is 5.69 Å². The summed E-state index contributed by atoms with van der Waals surface area (Å²) in [5.74, 6) is 0.499. The SMILES string of the molecule is O=c1cc(S)nc(-c2cc3ccccc3[nH]2)[nH]1. The van der Waals surface area contributed by atoms with Gasteiger partial charge < -0.3 is 9.97 Å². The molecule has 2 heterocycles. The summed E-state index contributed by atoms with van der Waals surface area (Å²) in [5, 5.41) is 1.48. The maximum absolute atomic E-state index is 11.3. The second-order valence-electron chi connectivity index (χ2n) is 3.72. The van der Waals surface area contributed by atoms with Crippen molar-refractivity contribution < 1.29 is 0 Å². The van der Waals surface area contributed by atoms with Gasteiger partial charge in [-0.15, -0.1) is 12.6 Å². The van der Waals surface area contributed by atoms with E-state index in [0.29, 0.717) is 10.9 Å². The van der Waals surface area contributed by atoms with Crippen LogP contribution in [0.5, 0.6) is 0 Å². The van der Waals surface area contributed by atoms with Gasteiger partial charge >= 0.3 is 0 Å². The molecule has 0 saturated carbocycles. The molecule has 0 radical (unpaired) electrons. The fourth-order valence-corrected chi connectivity index (χ4v) is 1.99. The zero-order valence-corrected chi connectivity index (χ0v) is 9.66. The van der Waals surface area contributed by atoms with Gasteiger partial charge in [-0.1, -0.05) is 18.2 Å². The Kier molecular flexibility index (Phi) is 2.26. The first kappa shape index (κ1) is 10.2. The van der Waals surface area contributed by atoms with Crippen molar-refractivity contribution in [2.75, 3.05) is 0 Å². The van der Waals surface area contributed by atoms with Crippen LogP contribution in [0.2, 0.25) is 0 Å². The van der Waals surface area contributed by atoms with Crippen molar-refractivity contribution in [2.45, 2.75) is 5.03 Å². The maximum atomic E-state index is 11.3. The van der Waals surface area contributed by atoms with Gasteiger partial charge in [-0.25, -0.2) is 4.98 Å². The lowest BCUT2D eigenvalue weighted by atomic mass is 10.2. The molecule has 2 N–H and O–H groups in total. The molecule has 1 aromatic carbocycles. The molecule has 84 valence electrons. The second kappa shape index (κ2) is 3.78. The summed E-state index contributed by atoms with van der Waals surface area (Å²) in [4.78, 5) is 21.4. The third kappa shape index (κ3) is 1.85. The molecule has 3 aromatic rings. The van der Waals surface area contributed by atoms with E-state index in [1.54, 1.807) is 0 Å². The summed E-state index contributed by atoms with van der Waals surface area (Å²) in [5.41, 5.74) is 1.58. The molecule has 2 aromatic heterocycles. The van der Waals surface area contributed by atoms with Crippen molar-refractivity contribution in [1.82, 2.24) is 15.0 Å². The molecular weight excluding hydrogens is 234 g/mol. The van der Waals surface area contributed by atoms with Gasteiger partial charge in [-0.05, 0) is 12.1 Å². The standard InChI is InChI=1S/C12H9N3OS/c16-10-6-11(17)15-12(14-10)9-5-7-3-1-2-4-8(7)13-9/h1-6,13H,(H2,14,15,16,17). The topological polar surface area (TPSA) is 61.5 Å². The monoisotopic (exact) mass is 243 g/mol. The van der Waals surface area contributed by atoms with E-state index in [2.05, 4.69) is 27.6 Å². The number of nitrogens with one attached hydrogen (secondary N) is 2. The van der Waals surface area contributed by atoms with Crippen molar-refractivity contribution in [1.29, 1.82) is 0 Å². The van der Waals surface area contributed by atoms with Gasteiger partial charge in [-0.3, -0.25) is 4.79 Å². The summed E-state index contributed by atoms with van der Waals surface area (Å²) in [7, 11) is 0. The van der Waals surface area contributed by atoms with Crippen LogP contribution in [0.15, 0.2) is 46.2 Å². The van der Waals surface area contributed by atoms with Crippen LogP contribution in [0.25, 0.3) is 22.4 Å². The molecule has 0 spiro atoms. The summed E-state index contributed by atoms with van der Waals surface area (Å²) in [6.45, 7) is 0. The molecule has 0 fully saturated rings. The van der Waals surface area contributed by atoms with Gasteiger partial charge in [0.1, 0.15) is 5.03 Å². The summed E-state index contributed by atoms with van der Waals surface area (Å²) in [6.07, 6.45) is 0. The summed E-state index contributed by atoms with van der Waals surface area (Å²) in [6, 6.07) is 11.2. The lowest BCUT2D eigenvalue weighted by Gasteiger charge is -1.97. The molecule has 0 bridgehead atoms. The lowest BCUT2D eigenvalue weighted by Crippen LogP contribution is -2.07. The van der Waals surface area contributed by atoms with Gasteiger partial charge in [0, 0.05) is 17.0 Å². The Labute approximate surface area is 102 Å². The van der Waals surface area contributed by atoms with Crippen LogP contribution in [-0.2, 0) is 0 Å². The minimum atomic E-state index is -0.210. The smallest absolute Gasteiger partial charge is 0.252 e. The first-order valence-corrected chi connectivity index (χ1v) is 5.55. The van der Waals surface area contributed by atoms with Crippen molar-refractivity contribution >= 4 is 23.5 Å². The average molecular weight is 243 g/mol. The normalized spacial score (nSPS) is 10.9. The van der Waals surface area contributed by atoms with E-state index in [9.17, 15) is 4.79 Å². The number of thiol groups is 1. The van der Waals surface area contributed by atoms with E-state index in [1.807, 2.05) is 30.3 Å². The van der Waals surface area contributed by atoms with E-state index in [1.165, 1.54) is 6.07 Å². The van der Waals surface area contributed by atoms with Crippen LogP contribution in [0.1, 0.15) is 0 Å². The molecule has 17 heavy (non-hydrogen) atoms. The van der Waals surface area contributed by atoms with Crippen molar-refractivity contribution in [3.05, 3.63) is 46.8 Å². The molecular formula is C12H9N3OS. The van der Waals surface area contributed by atoms with Crippen molar-refractivity contribution in [3.63, 3.8) is 0 Å². The average Bonchev–Trinajstić information content (AvgIpc) is 2.71. The second-order valence-corrected chi connectivity index (χ2v) is 4.18. The number of fused-ring (bicyclic) bond motifs is 1. The van der Waals surface area contributed by atoms with Crippen LogP contribution in [0.3, 0.4) is 0 Å². The molecule has 0 atom stereocenters. The first-order chi connectivity index (χ1) is 8.22. The molecule has 4 nitrogen and oxygen atoms in total. The number of aromatic nitrogens is 3. The van der Waals surface area contributed by atoms with Crippen molar-refractivity contribution in [3.8, 4) is 11.5 Å².